The Morgan fingerprint density at radius 3 is 1.23 bits per heavy atom. The zero-order chi connectivity index (χ0) is 39.4. The number of hydrogen-bond acceptors (Lipinski definition) is 12. The van der Waals surface area contributed by atoms with Gasteiger partial charge < -0.3 is 45.5 Å². The quantitative estimate of drug-likeness (QED) is 0.0488. The molecule has 0 aliphatic rings. The average molecular weight is 777 g/mol. The third-order valence-corrected chi connectivity index (χ3v) is 14.7. The molecule has 0 saturated carbocycles. The lowest BCUT2D eigenvalue weighted by atomic mass is 9.95. The van der Waals surface area contributed by atoms with E-state index in [4.69, 9.17) is 45.5 Å². The van der Waals surface area contributed by atoms with E-state index in [-0.39, 0.29) is 12.2 Å². The molecule has 0 N–H and O–H groups in total. The first-order chi connectivity index (χ1) is 25.5. The minimum atomic E-state index is -3.25. The van der Waals surface area contributed by atoms with Crippen molar-refractivity contribution in [3.63, 3.8) is 0 Å². The number of carbonyl (C=O) groups excluding carboxylic acids is 2. The average Bonchev–Trinajstić information content (AvgIpc) is 3.15. The zero-order valence-electron chi connectivity index (χ0n) is 33.2. The highest BCUT2D eigenvalue weighted by atomic mass is 28.4. The van der Waals surface area contributed by atoms with Gasteiger partial charge in [-0.3, -0.25) is 9.59 Å². The molecule has 2 atom stereocenters. The van der Waals surface area contributed by atoms with Gasteiger partial charge in [-0.15, -0.1) is 0 Å². The van der Waals surface area contributed by atoms with Crippen LogP contribution < -0.4 is 18.9 Å². The normalized spacial score (nSPS) is 12.8. The lowest BCUT2D eigenvalue weighted by Crippen LogP contribution is -2.58. The third-order valence-electron chi connectivity index (χ3n) is 7.97. The van der Waals surface area contributed by atoms with Crippen molar-refractivity contribution in [3.8, 4) is 23.0 Å². The SMILES string of the molecule is C=CC(=O)CC(=O)C=C(c1ccc(OC(CC)[Si](OCC)(OCC)OCC)c(OC)c1)c1ccc(OC(CC)[Si](OCC)(OCC)OCC)c(OC)c1. The molecule has 53 heavy (non-hydrogen) atoms. The number of ketones is 2. The molecule has 0 fully saturated rings. The minimum absolute atomic E-state index is 0.335. The highest BCUT2D eigenvalue weighted by Gasteiger charge is 2.52. The Hall–Kier alpha value is -3.35. The molecule has 0 heterocycles. The second kappa shape index (κ2) is 23.4. The van der Waals surface area contributed by atoms with Crippen molar-refractivity contribution < 1.29 is 55.1 Å². The highest BCUT2D eigenvalue weighted by Crippen LogP contribution is 2.39. The lowest BCUT2D eigenvalue weighted by Gasteiger charge is -2.35. The van der Waals surface area contributed by atoms with Crippen molar-refractivity contribution in [1.82, 2.24) is 0 Å². The van der Waals surface area contributed by atoms with Crippen molar-refractivity contribution >= 4 is 34.7 Å². The Balaban J connectivity index is 2.70. The van der Waals surface area contributed by atoms with E-state index in [2.05, 4.69) is 6.58 Å². The molecule has 0 bridgehead atoms. The predicted octanol–water partition coefficient (Wildman–Crippen LogP) is 7.34. The van der Waals surface area contributed by atoms with E-state index in [1.165, 1.54) is 20.3 Å². The van der Waals surface area contributed by atoms with Gasteiger partial charge in [0.05, 0.1) is 20.6 Å². The third kappa shape index (κ3) is 12.3. The first-order valence-corrected chi connectivity index (χ1v) is 22.1. The van der Waals surface area contributed by atoms with Gasteiger partial charge in [0.1, 0.15) is 0 Å². The van der Waals surface area contributed by atoms with Crippen LogP contribution in [0, 0.1) is 0 Å². The molecule has 2 aromatic carbocycles. The first-order valence-electron chi connectivity index (χ1n) is 18.5. The van der Waals surface area contributed by atoms with Crippen LogP contribution in [-0.2, 0) is 36.1 Å². The van der Waals surface area contributed by atoms with Gasteiger partial charge in [-0.2, -0.15) is 0 Å². The van der Waals surface area contributed by atoms with Gasteiger partial charge in [-0.05, 0) is 108 Å². The minimum Gasteiger partial charge on any atom is -0.493 e. The van der Waals surface area contributed by atoms with E-state index >= 15 is 0 Å². The molecule has 0 radical (unpaired) electrons. The summed E-state index contributed by atoms with van der Waals surface area (Å²) in [5.74, 6) is 0.933. The summed E-state index contributed by atoms with van der Waals surface area (Å²) in [5.41, 5.74) is 0.748. The van der Waals surface area contributed by atoms with Crippen molar-refractivity contribution in [2.24, 2.45) is 0 Å². The molecule has 0 spiro atoms. The summed E-state index contributed by atoms with van der Waals surface area (Å²) in [6.45, 7) is 21.3. The fraction of sp³-hybridized carbons (Fsp3) is 0.538. The molecule has 12 nitrogen and oxygen atoms in total. The van der Waals surface area contributed by atoms with Crippen LogP contribution in [0.2, 0.25) is 0 Å². The molecule has 2 unspecified atom stereocenters. The standard InChI is InChI=1S/C39H60O12Si2/c1-12-31(40)27-32(41)28-33(29-21-23-34(36(25-29)42-10)50-38(13-2)52(44-15-4,45-16-5)46-17-6)30-22-24-35(37(26-30)43-11)51-39(14-3)53(47-18-7,48-19-8)49-20-9/h12,21-26,28,38-39H,1,13-20,27H2,2-11H3. The van der Waals surface area contributed by atoms with Crippen molar-refractivity contribution in [1.29, 1.82) is 0 Å². The smallest absolute Gasteiger partial charge is 0.493 e. The molecule has 0 aliphatic carbocycles. The van der Waals surface area contributed by atoms with E-state index in [1.807, 2.05) is 67.5 Å². The largest absolute Gasteiger partial charge is 0.543 e. The number of ether oxygens (including phenoxy) is 4. The van der Waals surface area contributed by atoms with Crippen molar-refractivity contribution in [2.75, 3.05) is 53.9 Å². The molecule has 296 valence electrons. The van der Waals surface area contributed by atoms with Crippen LogP contribution in [0.4, 0.5) is 0 Å². The summed E-state index contributed by atoms with van der Waals surface area (Å²) in [6.07, 6.45) is 3.35. The molecule has 0 aromatic heterocycles. The Kier molecular flexibility index (Phi) is 20.3. The predicted molar refractivity (Wildman–Crippen MR) is 209 cm³/mol. The van der Waals surface area contributed by atoms with Crippen molar-refractivity contribution in [2.45, 2.75) is 86.1 Å². The van der Waals surface area contributed by atoms with E-state index < -0.39 is 34.8 Å². The summed E-state index contributed by atoms with van der Waals surface area (Å²) < 4.78 is 61.5. The van der Waals surface area contributed by atoms with Crippen LogP contribution in [0.3, 0.4) is 0 Å². The zero-order valence-corrected chi connectivity index (χ0v) is 35.2. The maximum atomic E-state index is 13.2. The molecule has 14 heteroatoms. The molecule has 0 amide bonds. The van der Waals surface area contributed by atoms with Crippen LogP contribution >= 0.6 is 0 Å². The Morgan fingerprint density at radius 1 is 0.585 bits per heavy atom. The number of benzene rings is 2. The molecular formula is C39H60O12Si2. The molecule has 2 rings (SSSR count). The van der Waals surface area contributed by atoms with Gasteiger partial charge in [0, 0.05) is 39.6 Å². The van der Waals surface area contributed by atoms with E-state index in [1.54, 1.807) is 24.3 Å². The fourth-order valence-electron chi connectivity index (χ4n) is 5.79. The van der Waals surface area contributed by atoms with Gasteiger partial charge in [0.15, 0.2) is 46.0 Å². The van der Waals surface area contributed by atoms with Crippen LogP contribution in [0.15, 0.2) is 55.1 Å². The highest BCUT2D eigenvalue weighted by molar-refractivity contribution is 6.62. The first kappa shape index (κ1) is 45.8. The van der Waals surface area contributed by atoms with Crippen molar-refractivity contribution in [3.05, 3.63) is 66.3 Å². The second-order valence-electron chi connectivity index (χ2n) is 11.4. The number of carbonyl (C=O) groups is 2. The Morgan fingerprint density at radius 2 is 0.943 bits per heavy atom. The van der Waals surface area contributed by atoms with Crippen LogP contribution in [0.1, 0.15) is 85.8 Å². The second-order valence-corrected chi connectivity index (χ2v) is 16.9. The maximum Gasteiger partial charge on any atom is 0.543 e. The van der Waals surface area contributed by atoms with Gasteiger partial charge in [-0.1, -0.05) is 32.6 Å². The molecule has 2 aromatic rings. The van der Waals surface area contributed by atoms with Gasteiger partial charge in [0.2, 0.25) is 0 Å². The van der Waals surface area contributed by atoms with Gasteiger partial charge in [-0.25, -0.2) is 0 Å². The Labute approximate surface area is 318 Å². The van der Waals surface area contributed by atoms with Gasteiger partial charge >= 0.3 is 17.6 Å². The molecule has 0 saturated heterocycles. The van der Waals surface area contributed by atoms with Crippen LogP contribution in [0.25, 0.3) is 5.57 Å². The van der Waals surface area contributed by atoms with E-state index in [9.17, 15) is 9.59 Å². The molecule has 0 aliphatic heterocycles. The summed E-state index contributed by atoms with van der Waals surface area (Å²) in [4.78, 5) is 25.4. The number of hydrogen-bond donors (Lipinski definition) is 0. The summed E-state index contributed by atoms with van der Waals surface area (Å²) in [6, 6.07) is 10.7. The number of rotatable bonds is 28. The van der Waals surface area contributed by atoms with E-state index in [0.29, 0.717) is 92.2 Å². The van der Waals surface area contributed by atoms with Crippen LogP contribution in [0.5, 0.6) is 23.0 Å². The fourth-order valence-corrected chi connectivity index (χ4v) is 11.4. The summed E-state index contributed by atoms with van der Waals surface area (Å²) in [5, 5.41) is 0. The maximum absolute atomic E-state index is 13.2. The number of allylic oxidation sites excluding steroid dienone is 2. The molecular weight excluding hydrogens is 717 g/mol. The van der Waals surface area contributed by atoms with Crippen LogP contribution in [-0.4, -0.2) is 94.5 Å². The van der Waals surface area contributed by atoms with E-state index in [0.717, 1.165) is 6.08 Å². The number of methoxy groups -OCH3 is 2. The monoisotopic (exact) mass is 776 g/mol. The van der Waals surface area contributed by atoms with Gasteiger partial charge in [0.25, 0.3) is 0 Å². The summed E-state index contributed by atoms with van der Waals surface area (Å²) in [7, 11) is -3.42. The summed E-state index contributed by atoms with van der Waals surface area (Å²) >= 11 is 0. The topological polar surface area (TPSA) is 126 Å². The Bertz CT molecular complexity index is 1360. The lowest BCUT2D eigenvalue weighted by molar-refractivity contribution is -0.121.